The van der Waals surface area contributed by atoms with E-state index in [4.69, 9.17) is 78.3 Å². The average molecular weight is 1820 g/mol. The Labute approximate surface area is 766 Å². The third kappa shape index (κ3) is 27.6. The molecule has 2 bridgehead atoms. The number of ketones is 3. The molecule has 7 N–H and O–H groups in total. The number of carbonyl (C=O) groups excluding carboxylic acids is 6. The third-order valence-electron chi connectivity index (χ3n) is 25.9. The minimum absolute atomic E-state index is 0.00993. The zero-order chi connectivity index (χ0) is 93.1. The summed E-state index contributed by atoms with van der Waals surface area (Å²) >= 11 is 0. The Kier molecular flexibility index (Phi) is 37.5. The number of hydrogen-bond acceptors (Lipinski definition) is 31. The van der Waals surface area contributed by atoms with Crippen molar-refractivity contribution in [1.82, 2.24) is 64.8 Å². The Morgan fingerprint density at radius 3 is 2.25 bits per heavy atom. The molecule has 35 heteroatoms. The van der Waals surface area contributed by atoms with Gasteiger partial charge < -0.3 is 88.6 Å². The average Bonchev–Trinajstić information content (AvgIpc) is 1.69. The molecule has 3 saturated heterocycles. The van der Waals surface area contributed by atoms with Gasteiger partial charge in [-0.15, -0.1) is 5.10 Å². The second-order valence-electron chi connectivity index (χ2n) is 35.6. The molecule has 712 valence electrons. The number of benzene rings is 2. The first-order valence-electron chi connectivity index (χ1n) is 46.4. The topological polar surface area (TPSA) is 435 Å². The van der Waals surface area contributed by atoms with Crippen LogP contribution in [0.25, 0.3) is 44.5 Å². The summed E-state index contributed by atoms with van der Waals surface area (Å²) in [5.41, 5.74) is 20.2. The first-order chi connectivity index (χ1) is 63.3. The maximum Gasteiger partial charge on any atom is 0.329 e. The number of fused-ring (bicyclic) bond motifs is 5. The number of unbranched alkanes of at least 4 members (excludes halogenated alkanes) is 1. The van der Waals surface area contributed by atoms with Gasteiger partial charge in [-0.25, -0.2) is 34.1 Å². The van der Waals surface area contributed by atoms with Crippen LogP contribution in [0.15, 0.2) is 119 Å². The van der Waals surface area contributed by atoms with E-state index in [1.165, 1.54) is 18.3 Å². The monoisotopic (exact) mass is 1820 g/mol. The van der Waals surface area contributed by atoms with Gasteiger partial charge in [0.15, 0.2) is 17.0 Å². The molecule has 4 fully saturated rings. The van der Waals surface area contributed by atoms with Crippen LogP contribution < -0.4 is 21.7 Å². The Morgan fingerprint density at radius 1 is 0.748 bits per heavy atom. The molecule has 9 heterocycles. The van der Waals surface area contributed by atoms with Crippen LogP contribution in [0.5, 0.6) is 0 Å². The van der Waals surface area contributed by atoms with E-state index in [2.05, 4.69) is 46.4 Å². The summed E-state index contributed by atoms with van der Waals surface area (Å²) in [6.45, 7) is 21.7. The molecule has 0 radical (unpaired) electrons. The molecule has 4 aliphatic heterocycles. The SMILES string of the molecule is CO[C@H]1C[C@@H]2CC[C@@H](C)[C@@](O)(O2)C(=O)C(=O)N2CCCC[C@H]2C(=O)OC([C@H](C)C[C@@H]2CC[C@@H](OCc3cccc(-c4cnc(N5CCN(Cc6cn(CCOCCOCCOCCOCCC(=O)NCCCCn7nc(-c8ccc9oc(N)nc9c8)c8c(N)ncnc87)nn6)CC5)nc4)c3)[C@H](OC)C2)CC(=O)[C@H](C)/C=C(\C)[C@@H](O)[C@@H](OC)C(=O)[C@H](C)C[C@H](C)/C=C/C=C/C=C/1C. The van der Waals surface area contributed by atoms with Crippen molar-refractivity contribution in [3.8, 4) is 22.4 Å². The van der Waals surface area contributed by atoms with E-state index >= 15 is 0 Å². The number of aromatic nitrogens is 10. The Balaban J connectivity index is 0.540. The fourth-order valence-electron chi connectivity index (χ4n) is 18.1. The van der Waals surface area contributed by atoms with Crippen molar-refractivity contribution in [3.63, 3.8) is 0 Å². The summed E-state index contributed by atoms with van der Waals surface area (Å²) in [6, 6.07) is 12.6. The van der Waals surface area contributed by atoms with Crippen molar-refractivity contribution in [2.75, 3.05) is 130 Å². The number of piperidine rings is 1. The molecule has 5 aliphatic rings. The lowest BCUT2D eigenvalue weighted by molar-refractivity contribution is -0.265. The molecule has 2 aromatic carbocycles. The number of esters is 1. The number of carbonyl (C=O) groups is 6. The number of hydrogen-bond donors (Lipinski definition) is 5. The number of cyclic esters (lactones) is 1. The summed E-state index contributed by atoms with van der Waals surface area (Å²) in [6.07, 6.45) is 20.3. The molecule has 15 atom stereocenters. The van der Waals surface area contributed by atoms with Gasteiger partial charge in [0.1, 0.15) is 53.5 Å². The number of aliphatic hydroxyl groups is 2. The standard InChI is InChI=1S/C96H134N16O19/c1-61-19-12-11-13-20-62(2)80(121-8)53-74-27-24-67(7)96(120,131-74)89(117)92(118)111-32-16-14-23-76(111)93(119)129-81(54-77(113)63(3)48-66(6)87(116)88(123-10)86(115)65(5)47-61)64(4)49-68-25-28-79(82(51-68)122-9)128-59-69-21-18-22-70(50-69)72-55-100-95(101-56-72)109-36-34-108(35-37-109)57-73-58-110(107-105-73)38-40-125-42-44-127-46-45-126-43-41-124-39-30-83(114)99-31-15-17-33-112-91-84(90(97)102-60-103-91)85(106-112)71-26-29-78-75(52-71)104-94(98)130-78/h11-13,18-22,26,29,48,50,52,55-56,58,60-61,63-65,67-68,74,76,79-82,87-88,116,120H,14-17,23-25,27-28,30-47,49,51,53-54,57,59H2,1-10H3,(H2,98,104)(H,99,114)(H2,97,102,103)/b13-11+,19-12+,62-20+,66-48+/t61-,63-,64-,65-,67-,68+,74+,76+,79-,80+,81?,82-,87-,88+,96-/m1/s1. The van der Waals surface area contributed by atoms with Crippen molar-refractivity contribution in [2.45, 2.75) is 226 Å². The molecule has 131 heavy (non-hydrogen) atoms. The van der Waals surface area contributed by atoms with Gasteiger partial charge in [0, 0.05) is 140 Å². The largest absolute Gasteiger partial charge is 0.460 e. The first-order valence-corrected chi connectivity index (χ1v) is 46.4. The fourth-order valence-corrected chi connectivity index (χ4v) is 18.1. The maximum atomic E-state index is 14.9. The molecule has 5 aromatic heterocycles. The van der Waals surface area contributed by atoms with Gasteiger partial charge in [-0.1, -0.05) is 94.5 Å². The number of amides is 2. The second kappa shape index (κ2) is 49.1. The van der Waals surface area contributed by atoms with Crippen molar-refractivity contribution >= 4 is 75.0 Å². The van der Waals surface area contributed by atoms with Gasteiger partial charge in [0.05, 0.1) is 102 Å². The number of nitrogens with one attached hydrogen (secondary N) is 1. The van der Waals surface area contributed by atoms with Gasteiger partial charge in [0.2, 0.25) is 17.6 Å². The number of ether oxygens (including phenoxy) is 10. The van der Waals surface area contributed by atoms with E-state index in [-0.39, 0.29) is 85.9 Å². The zero-order valence-corrected chi connectivity index (χ0v) is 77.5. The number of aryl methyl sites for hydroxylation is 1. The van der Waals surface area contributed by atoms with Crippen LogP contribution in [-0.2, 0) is 102 Å². The molecule has 1 saturated carbocycles. The summed E-state index contributed by atoms with van der Waals surface area (Å²) in [5.74, 6) is -7.40. The van der Waals surface area contributed by atoms with E-state index in [0.29, 0.717) is 182 Å². The number of Topliss-reactive ketones (excluding diaryl/α,β-unsaturated/α-hetero) is 3. The molecule has 2 amide bonds. The molecule has 1 unspecified atom stereocenters. The van der Waals surface area contributed by atoms with Crippen LogP contribution in [0.1, 0.15) is 156 Å². The third-order valence-corrected chi connectivity index (χ3v) is 25.9. The number of piperazine rings is 1. The number of nitrogen functional groups attached to an aromatic ring is 2. The highest BCUT2D eigenvalue weighted by Crippen LogP contribution is 2.40. The van der Waals surface area contributed by atoms with E-state index in [1.54, 1.807) is 56.5 Å². The Morgan fingerprint density at radius 2 is 1.50 bits per heavy atom. The highest BCUT2D eigenvalue weighted by atomic mass is 16.6. The van der Waals surface area contributed by atoms with E-state index in [1.807, 2.05) is 107 Å². The number of anilines is 3. The van der Waals surface area contributed by atoms with Gasteiger partial charge in [-0.3, -0.25) is 28.9 Å². The highest BCUT2D eigenvalue weighted by molar-refractivity contribution is 6.39. The molecule has 0 spiro atoms. The summed E-state index contributed by atoms with van der Waals surface area (Å²) < 4.78 is 68.9. The van der Waals surface area contributed by atoms with Gasteiger partial charge in [0.25, 0.3) is 17.7 Å². The van der Waals surface area contributed by atoms with Crippen molar-refractivity contribution in [2.24, 2.45) is 35.5 Å². The van der Waals surface area contributed by atoms with Crippen LogP contribution in [0.2, 0.25) is 0 Å². The molecule has 35 nitrogen and oxygen atoms in total. The molecular formula is C96H134N16O19. The predicted octanol–water partition coefficient (Wildman–Crippen LogP) is 9.94. The summed E-state index contributed by atoms with van der Waals surface area (Å²) in [5, 5.41) is 41.1. The van der Waals surface area contributed by atoms with Crippen molar-refractivity contribution in [1.29, 1.82) is 0 Å². The van der Waals surface area contributed by atoms with E-state index in [9.17, 15) is 39.0 Å². The summed E-state index contributed by atoms with van der Waals surface area (Å²) in [4.78, 5) is 113. The number of nitrogens with zero attached hydrogens (tertiary/aromatic N) is 13. The van der Waals surface area contributed by atoms with Crippen LogP contribution in [0.4, 0.5) is 17.8 Å². The minimum Gasteiger partial charge on any atom is -0.460 e. The number of oxazole rings is 1. The lowest BCUT2D eigenvalue weighted by Crippen LogP contribution is -2.61. The second-order valence-corrected chi connectivity index (χ2v) is 35.6. The normalized spacial score (nSPS) is 26.9. The number of aliphatic hydroxyl groups excluding tert-OH is 1. The Bertz CT molecular complexity index is 5030. The fraction of sp³-hybridized carbons (Fsp3) is 0.604. The lowest BCUT2D eigenvalue weighted by atomic mass is 9.78. The maximum absolute atomic E-state index is 14.9. The van der Waals surface area contributed by atoms with Crippen molar-refractivity contribution in [3.05, 3.63) is 126 Å². The van der Waals surface area contributed by atoms with Crippen LogP contribution in [0.3, 0.4) is 0 Å². The number of methoxy groups -OCH3 is 3. The van der Waals surface area contributed by atoms with Gasteiger partial charge in [-0.05, 0) is 155 Å². The lowest BCUT2D eigenvalue weighted by Gasteiger charge is -2.42. The molecule has 12 rings (SSSR count). The molecule has 7 aromatic rings. The molecular weight excluding hydrogens is 1680 g/mol. The van der Waals surface area contributed by atoms with Crippen LogP contribution >= 0.6 is 0 Å². The smallest absolute Gasteiger partial charge is 0.329 e. The van der Waals surface area contributed by atoms with Crippen LogP contribution in [0, 0.1) is 35.5 Å². The van der Waals surface area contributed by atoms with Crippen molar-refractivity contribution < 1.29 is 90.8 Å². The highest BCUT2D eigenvalue weighted by Gasteiger charge is 2.53. The van der Waals surface area contributed by atoms with Crippen LogP contribution in [-0.4, -0.2) is 273 Å². The number of nitrogens with two attached hydrogens (primary N) is 2. The van der Waals surface area contributed by atoms with Gasteiger partial charge >= 0.3 is 5.97 Å². The first kappa shape index (κ1) is 100.0. The van der Waals surface area contributed by atoms with Gasteiger partial charge in [-0.2, -0.15) is 10.1 Å². The zero-order valence-electron chi connectivity index (χ0n) is 77.5. The quantitative estimate of drug-likeness (QED) is 0.0108. The molecule has 1 aliphatic carbocycles. The van der Waals surface area contributed by atoms with E-state index < -0.39 is 77.8 Å². The minimum atomic E-state index is -2.47. The summed E-state index contributed by atoms with van der Waals surface area (Å²) in [7, 11) is 4.65. The number of allylic oxidation sites excluding steroid dienone is 6. The Hall–Kier alpha value is -10.0. The number of rotatable bonds is 34. The van der Waals surface area contributed by atoms with E-state index in [0.717, 1.165) is 79.0 Å². The predicted molar refractivity (Wildman–Crippen MR) is 490 cm³/mol.